The van der Waals surface area contributed by atoms with E-state index in [2.05, 4.69) is 54.8 Å². The lowest BCUT2D eigenvalue weighted by Crippen LogP contribution is -2.34. The van der Waals surface area contributed by atoms with E-state index in [1.165, 1.54) is 12.8 Å². The molecule has 0 heterocycles. The standard InChI is InChI=1S/C40H68NO11P/c1-3-5-7-8-9-10-13-17-20-23-26-30-38(43)49-32-36(33-50-53(47,48)51-34-37(41)40(45)46)52-39(44)31-27-24-21-18-15-12-11-14-16-19-22-25-29-35(42)28-6-4-2/h8-9,11-12,16,18-19,21,25,29,35-37,42H,3-7,10,13-15,17,20,22-24,26-28,30-34,41H2,1-2H3,(H,45,46)(H,47,48)/b9-8-,12-11-,19-16-,21-18-,29-25-/t35-,36-,37+/m1/s1. The zero-order valence-corrected chi connectivity index (χ0v) is 33.1. The molecule has 0 fully saturated rings. The van der Waals surface area contributed by atoms with E-state index in [4.69, 9.17) is 24.8 Å². The highest BCUT2D eigenvalue weighted by atomic mass is 31.2. The Bertz CT molecular complexity index is 1150. The Morgan fingerprint density at radius 1 is 0.660 bits per heavy atom. The van der Waals surface area contributed by atoms with Gasteiger partial charge < -0.3 is 30.3 Å². The van der Waals surface area contributed by atoms with Gasteiger partial charge in [-0.25, -0.2) is 4.57 Å². The van der Waals surface area contributed by atoms with Gasteiger partial charge in [-0.15, -0.1) is 0 Å². The minimum atomic E-state index is -4.74. The molecule has 53 heavy (non-hydrogen) atoms. The Morgan fingerprint density at radius 2 is 1.19 bits per heavy atom. The molecule has 5 N–H and O–H groups in total. The number of carboxylic acid groups (broad SMARTS) is 1. The number of aliphatic hydroxyl groups excluding tert-OH is 1. The van der Waals surface area contributed by atoms with E-state index in [1.54, 1.807) is 0 Å². The van der Waals surface area contributed by atoms with Gasteiger partial charge in [0.25, 0.3) is 0 Å². The largest absolute Gasteiger partial charge is 0.480 e. The number of phosphoric ester groups is 1. The van der Waals surface area contributed by atoms with Gasteiger partial charge in [0.2, 0.25) is 0 Å². The number of hydrogen-bond donors (Lipinski definition) is 4. The third-order valence-corrected chi connectivity index (χ3v) is 8.76. The van der Waals surface area contributed by atoms with Crippen LogP contribution in [-0.2, 0) is 37.5 Å². The average Bonchev–Trinajstić information content (AvgIpc) is 3.13. The molecule has 304 valence electrons. The second kappa shape index (κ2) is 34.9. The number of aliphatic hydroxyl groups is 1. The van der Waals surface area contributed by atoms with Gasteiger partial charge in [0, 0.05) is 12.8 Å². The molecule has 0 aliphatic rings. The van der Waals surface area contributed by atoms with Crippen LogP contribution in [-0.4, -0.2) is 71.1 Å². The number of esters is 2. The van der Waals surface area contributed by atoms with Crippen molar-refractivity contribution in [2.45, 2.75) is 154 Å². The molecule has 0 saturated heterocycles. The fraction of sp³-hybridized carbons (Fsp3) is 0.675. The van der Waals surface area contributed by atoms with Crippen LogP contribution in [0.5, 0.6) is 0 Å². The Hall–Kier alpha value is -2.86. The second-order valence-corrected chi connectivity index (χ2v) is 14.3. The van der Waals surface area contributed by atoms with E-state index in [0.29, 0.717) is 19.3 Å². The van der Waals surface area contributed by atoms with Gasteiger partial charge in [0.15, 0.2) is 6.10 Å². The van der Waals surface area contributed by atoms with E-state index in [0.717, 1.165) is 77.0 Å². The summed E-state index contributed by atoms with van der Waals surface area (Å²) in [6.07, 6.45) is 35.0. The first kappa shape index (κ1) is 50.1. The van der Waals surface area contributed by atoms with E-state index in [9.17, 15) is 28.9 Å². The number of unbranched alkanes of at least 4 members (excludes halogenated alkanes) is 9. The summed E-state index contributed by atoms with van der Waals surface area (Å²) < 4.78 is 32.5. The summed E-state index contributed by atoms with van der Waals surface area (Å²) >= 11 is 0. The van der Waals surface area contributed by atoms with Gasteiger partial charge in [0.05, 0.1) is 19.3 Å². The molecular formula is C40H68NO11P. The summed E-state index contributed by atoms with van der Waals surface area (Å²) in [7, 11) is -4.74. The Morgan fingerprint density at radius 3 is 1.85 bits per heavy atom. The maximum atomic E-state index is 12.5. The minimum absolute atomic E-state index is 0.0643. The van der Waals surface area contributed by atoms with Crippen LogP contribution >= 0.6 is 7.82 Å². The molecule has 0 spiro atoms. The predicted molar refractivity (Wildman–Crippen MR) is 209 cm³/mol. The van der Waals surface area contributed by atoms with Crippen molar-refractivity contribution < 1.29 is 52.6 Å². The van der Waals surface area contributed by atoms with Gasteiger partial charge in [0.1, 0.15) is 12.6 Å². The van der Waals surface area contributed by atoms with Crippen LogP contribution in [0.25, 0.3) is 0 Å². The SMILES string of the molecule is CCCC/C=C\CCCCCCCC(=O)OC[C@H](COP(=O)(O)OC[C@H](N)C(=O)O)OC(=O)CCC/C=C\C/C=C\C/C=C\C/C=C\[C@H](O)CCCC. The Balaban J connectivity index is 4.58. The molecule has 1 unspecified atom stereocenters. The topological polar surface area (TPSA) is 192 Å². The minimum Gasteiger partial charge on any atom is -0.480 e. The van der Waals surface area contributed by atoms with Gasteiger partial charge in [-0.1, -0.05) is 120 Å². The summed E-state index contributed by atoms with van der Waals surface area (Å²) in [6.45, 7) is 2.50. The molecule has 0 radical (unpaired) electrons. The van der Waals surface area contributed by atoms with Crippen molar-refractivity contribution in [2.24, 2.45) is 5.73 Å². The number of hydrogen-bond acceptors (Lipinski definition) is 10. The molecule has 0 aliphatic carbocycles. The molecular weight excluding hydrogens is 701 g/mol. The number of nitrogens with two attached hydrogens (primary N) is 1. The van der Waals surface area contributed by atoms with Crippen LogP contribution < -0.4 is 5.73 Å². The van der Waals surface area contributed by atoms with Crippen LogP contribution in [0.15, 0.2) is 60.8 Å². The maximum absolute atomic E-state index is 12.5. The fourth-order valence-corrected chi connectivity index (χ4v) is 5.42. The molecule has 0 aliphatic heterocycles. The smallest absolute Gasteiger partial charge is 0.472 e. The molecule has 0 rings (SSSR count). The first-order valence-electron chi connectivity index (χ1n) is 19.4. The third kappa shape index (κ3) is 34.6. The zero-order valence-electron chi connectivity index (χ0n) is 32.2. The number of allylic oxidation sites excluding steroid dienone is 9. The number of carboxylic acids is 1. The number of carbonyl (C=O) groups excluding carboxylic acids is 2. The van der Waals surface area contributed by atoms with Crippen LogP contribution in [0.3, 0.4) is 0 Å². The molecule has 0 aromatic carbocycles. The van der Waals surface area contributed by atoms with Gasteiger partial charge in [-0.3, -0.25) is 23.4 Å². The molecule has 0 saturated carbocycles. The lowest BCUT2D eigenvalue weighted by Gasteiger charge is -2.20. The molecule has 0 amide bonds. The second-order valence-electron chi connectivity index (χ2n) is 12.9. The summed E-state index contributed by atoms with van der Waals surface area (Å²) in [5.74, 6) is -2.50. The normalized spacial score (nSPS) is 15.1. The molecule has 12 nitrogen and oxygen atoms in total. The van der Waals surface area contributed by atoms with E-state index < -0.39 is 51.1 Å². The van der Waals surface area contributed by atoms with Crippen molar-refractivity contribution in [3.63, 3.8) is 0 Å². The number of ether oxygens (including phenoxy) is 2. The maximum Gasteiger partial charge on any atom is 0.472 e. The van der Waals surface area contributed by atoms with Crippen molar-refractivity contribution in [1.29, 1.82) is 0 Å². The van der Waals surface area contributed by atoms with Crippen LogP contribution in [0, 0.1) is 0 Å². The third-order valence-electron chi connectivity index (χ3n) is 7.81. The Kier molecular flexibility index (Phi) is 33.0. The number of carbonyl (C=O) groups is 3. The van der Waals surface area contributed by atoms with Crippen molar-refractivity contribution >= 4 is 25.7 Å². The van der Waals surface area contributed by atoms with E-state index in [-0.39, 0.29) is 25.6 Å². The van der Waals surface area contributed by atoms with Crippen molar-refractivity contribution in [3.8, 4) is 0 Å². The number of phosphoric acid groups is 1. The van der Waals surface area contributed by atoms with Gasteiger partial charge in [-0.2, -0.15) is 0 Å². The lowest BCUT2D eigenvalue weighted by molar-refractivity contribution is -0.161. The monoisotopic (exact) mass is 769 g/mol. The zero-order chi connectivity index (χ0) is 39.4. The predicted octanol–water partition coefficient (Wildman–Crippen LogP) is 8.58. The fourth-order valence-electron chi connectivity index (χ4n) is 4.64. The molecule has 13 heteroatoms. The number of aliphatic carboxylic acids is 1. The van der Waals surface area contributed by atoms with E-state index >= 15 is 0 Å². The molecule has 0 bridgehead atoms. The highest BCUT2D eigenvalue weighted by Gasteiger charge is 2.28. The van der Waals surface area contributed by atoms with Crippen molar-refractivity contribution in [2.75, 3.05) is 19.8 Å². The summed E-state index contributed by atoms with van der Waals surface area (Å²) in [6, 6.07) is -1.54. The highest BCUT2D eigenvalue weighted by Crippen LogP contribution is 2.43. The Labute approximate surface area is 318 Å². The average molecular weight is 770 g/mol. The highest BCUT2D eigenvalue weighted by molar-refractivity contribution is 7.47. The van der Waals surface area contributed by atoms with Gasteiger partial charge >= 0.3 is 25.7 Å². The first-order chi connectivity index (χ1) is 25.5. The van der Waals surface area contributed by atoms with Crippen molar-refractivity contribution in [1.82, 2.24) is 0 Å². The molecule has 0 aromatic rings. The van der Waals surface area contributed by atoms with Crippen LogP contribution in [0.1, 0.15) is 136 Å². The quantitative estimate of drug-likeness (QED) is 0.0208. The molecule has 0 aromatic heterocycles. The van der Waals surface area contributed by atoms with E-state index in [1.807, 2.05) is 24.3 Å². The lowest BCUT2D eigenvalue weighted by atomic mass is 10.1. The van der Waals surface area contributed by atoms with Crippen molar-refractivity contribution in [3.05, 3.63) is 60.8 Å². The summed E-state index contributed by atoms with van der Waals surface area (Å²) in [4.78, 5) is 45.7. The molecule has 4 atom stereocenters. The van der Waals surface area contributed by atoms with Crippen LogP contribution in [0.2, 0.25) is 0 Å². The number of rotatable bonds is 35. The first-order valence-corrected chi connectivity index (χ1v) is 20.9. The van der Waals surface area contributed by atoms with Crippen LogP contribution in [0.4, 0.5) is 0 Å². The van der Waals surface area contributed by atoms with Gasteiger partial charge in [-0.05, 0) is 64.2 Å². The summed E-state index contributed by atoms with van der Waals surface area (Å²) in [5, 5.41) is 18.7. The summed E-state index contributed by atoms with van der Waals surface area (Å²) in [5.41, 5.74) is 5.31.